The Hall–Kier alpha value is -1.43. The summed E-state index contributed by atoms with van der Waals surface area (Å²) in [5.74, 6) is 0.418. The van der Waals surface area contributed by atoms with Crippen LogP contribution in [0.5, 0.6) is 0 Å². The maximum atomic E-state index is 13.2. The topological polar surface area (TPSA) is 44.8 Å². The van der Waals surface area contributed by atoms with Crippen LogP contribution in [0.2, 0.25) is 0 Å². The van der Waals surface area contributed by atoms with Gasteiger partial charge in [0.15, 0.2) is 0 Å². The summed E-state index contributed by atoms with van der Waals surface area (Å²) in [5.41, 5.74) is 1.20. The third kappa shape index (κ3) is 5.27. The lowest BCUT2D eigenvalue weighted by atomic mass is 9.97. The molecule has 25 heavy (non-hydrogen) atoms. The number of nitrogens with one attached hydrogen (secondary N) is 1. The molecule has 2 aliphatic heterocycles. The Morgan fingerprint density at radius 1 is 1.32 bits per heavy atom. The van der Waals surface area contributed by atoms with E-state index in [-0.39, 0.29) is 12.0 Å². The monoisotopic (exact) mass is 345 g/mol. The molecule has 2 fully saturated rings. The van der Waals surface area contributed by atoms with Crippen molar-refractivity contribution in [3.8, 4) is 0 Å². The van der Waals surface area contributed by atoms with Crippen LogP contribution in [0.25, 0.3) is 0 Å². The molecule has 2 atom stereocenters. The highest BCUT2D eigenvalue weighted by molar-refractivity contribution is 5.79. The molecule has 2 saturated heterocycles. The zero-order valence-electron chi connectivity index (χ0n) is 15.3. The highest BCUT2D eigenvalue weighted by atomic mass is 16.5. The zero-order chi connectivity index (χ0) is 17.5. The number of nitrogens with zero attached hydrogens (tertiary/aromatic N) is 2. The second-order valence-electron chi connectivity index (χ2n) is 7.26. The molecule has 1 aromatic rings. The number of piperidine rings is 1. The van der Waals surface area contributed by atoms with Gasteiger partial charge in [0, 0.05) is 38.8 Å². The lowest BCUT2D eigenvalue weighted by molar-refractivity contribution is -0.139. The third-order valence-corrected chi connectivity index (χ3v) is 5.28. The molecule has 3 rings (SSSR count). The number of amides is 1. The van der Waals surface area contributed by atoms with Gasteiger partial charge in [0.2, 0.25) is 5.91 Å². The fraction of sp³-hybridized carbons (Fsp3) is 0.650. The van der Waals surface area contributed by atoms with Crippen molar-refractivity contribution in [1.82, 2.24) is 15.1 Å². The summed E-state index contributed by atoms with van der Waals surface area (Å²) >= 11 is 0. The second kappa shape index (κ2) is 9.32. The molecule has 2 aliphatic rings. The van der Waals surface area contributed by atoms with Crippen molar-refractivity contribution in [3.63, 3.8) is 0 Å². The van der Waals surface area contributed by atoms with E-state index < -0.39 is 0 Å². The fourth-order valence-corrected chi connectivity index (χ4v) is 3.78. The summed E-state index contributed by atoms with van der Waals surface area (Å²) in [6.07, 6.45) is 2.09. The van der Waals surface area contributed by atoms with E-state index in [4.69, 9.17) is 4.74 Å². The van der Waals surface area contributed by atoms with Crippen LogP contribution in [0.15, 0.2) is 30.3 Å². The Bertz CT molecular complexity index is 525. The largest absolute Gasteiger partial charge is 0.379 e. The van der Waals surface area contributed by atoms with Gasteiger partial charge in [0.05, 0.1) is 19.1 Å². The normalized spacial score (nSPS) is 23.2. The van der Waals surface area contributed by atoms with E-state index in [9.17, 15) is 4.79 Å². The summed E-state index contributed by atoms with van der Waals surface area (Å²) in [4.78, 5) is 17.7. The molecule has 0 spiro atoms. The molecule has 5 nitrogen and oxygen atoms in total. The standard InChI is InChI=1S/C20H31N3O2/c1-17(15-22-10-12-25-13-11-22)23(16-18-6-3-2-4-7-18)20(24)19-8-5-9-21-14-19/h2-4,6-7,17,19,21H,5,8-16H2,1H3/t17-,19-/m0/s1. The number of morpholine rings is 1. The SMILES string of the molecule is C[C@@H](CN1CCOCC1)N(Cc1ccccc1)C(=O)[C@H]1CCCNC1. The predicted octanol–water partition coefficient (Wildman–Crippen LogP) is 1.74. The number of rotatable bonds is 6. The van der Waals surface area contributed by atoms with Gasteiger partial charge in [-0.2, -0.15) is 0 Å². The number of benzene rings is 1. The van der Waals surface area contributed by atoms with Crippen LogP contribution < -0.4 is 5.32 Å². The molecule has 5 heteroatoms. The average Bonchev–Trinajstić information content (AvgIpc) is 2.68. The Morgan fingerprint density at radius 2 is 2.08 bits per heavy atom. The zero-order valence-corrected chi connectivity index (χ0v) is 15.3. The molecular weight excluding hydrogens is 314 g/mol. The molecular formula is C20H31N3O2. The van der Waals surface area contributed by atoms with Gasteiger partial charge in [0.1, 0.15) is 0 Å². The summed E-state index contributed by atoms with van der Waals surface area (Å²) in [5, 5.41) is 3.38. The van der Waals surface area contributed by atoms with Gasteiger partial charge in [-0.1, -0.05) is 30.3 Å². The Morgan fingerprint density at radius 3 is 2.76 bits per heavy atom. The molecule has 0 bridgehead atoms. The van der Waals surface area contributed by atoms with Crippen molar-refractivity contribution in [3.05, 3.63) is 35.9 Å². The number of carbonyl (C=O) groups excluding carboxylic acids is 1. The van der Waals surface area contributed by atoms with Crippen molar-refractivity contribution < 1.29 is 9.53 Å². The number of ether oxygens (including phenoxy) is 1. The minimum atomic E-state index is 0.115. The molecule has 0 unspecified atom stereocenters. The minimum absolute atomic E-state index is 0.115. The predicted molar refractivity (Wildman–Crippen MR) is 99.3 cm³/mol. The Kier molecular flexibility index (Phi) is 6.84. The highest BCUT2D eigenvalue weighted by Crippen LogP contribution is 2.19. The van der Waals surface area contributed by atoms with Crippen molar-refractivity contribution in [2.75, 3.05) is 45.9 Å². The highest BCUT2D eigenvalue weighted by Gasteiger charge is 2.30. The molecule has 138 valence electrons. The number of carbonyl (C=O) groups is 1. The van der Waals surface area contributed by atoms with Crippen LogP contribution in [0.1, 0.15) is 25.3 Å². The van der Waals surface area contributed by atoms with Gasteiger partial charge in [0.25, 0.3) is 0 Å². The lowest BCUT2D eigenvalue weighted by Crippen LogP contribution is -2.51. The molecule has 0 saturated carbocycles. The van der Waals surface area contributed by atoms with Crippen LogP contribution >= 0.6 is 0 Å². The van der Waals surface area contributed by atoms with Crippen LogP contribution in [0.4, 0.5) is 0 Å². The van der Waals surface area contributed by atoms with Crippen LogP contribution in [-0.2, 0) is 16.1 Å². The number of hydrogen-bond donors (Lipinski definition) is 1. The van der Waals surface area contributed by atoms with Crippen molar-refractivity contribution >= 4 is 5.91 Å². The first-order valence-electron chi connectivity index (χ1n) is 9.59. The smallest absolute Gasteiger partial charge is 0.227 e. The first-order valence-corrected chi connectivity index (χ1v) is 9.59. The van der Waals surface area contributed by atoms with E-state index in [2.05, 4.69) is 34.2 Å². The van der Waals surface area contributed by atoms with Crippen molar-refractivity contribution in [1.29, 1.82) is 0 Å². The molecule has 0 aromatic heterocycles. The second-order valence-corrected chi connectivity index (χ2v) is 7.26. The van der Waals surface area contributed by atoms with Crippen molar-refractivity contribution in [2.24, 2.45) is 5.92 Å². The summed E-state index contributed by atoms with van der Waals surface area (Å²) in [6, 6.07) is 10.5. The quantitative estimate of drug-likeness (QED) is 0.853. The van der Waals surface area contributed by atoms with Crippen LogP contribution in [-0.4, -0.2) is 67.7 Å². The van der Waals surface area contributed by atoms with Gasteiger partial charge in [-0.25, -0.2) is 0 Å². The first-order chi connectivity index (χ1) is 12.2. The lowest BCUT2D eigenvalue weighted by Gasteiger charge is -2.37. The van der Waals surface area contributed by atoms with E-state index >= 15 is 0 Å². The summed E-state index contributed by atoms with van der Waals surface area (Å²) in [7, 11) is 0. The van der Waals surface area contributed by atoms with E-state index in [0.717, 1.165) is 58.8 Å². The van der Waals surface area contributed by atoms with Gasteiger partial charge in [-0.3, -0.25) is 9.69 Å². The van der Waals surface area contributed by atoms with Crippen molar-refractivity contribution in [2.45, 2.75) is 32.4 Å². The minimum Gasteiger partial charge on any atom is -0.379 e. The molecule has 0 aliphatic carbocycles. The maximum absolute atomic E-state index is 13.2. The first kappa shape index (κ1) is 18.4. The summed E-state index contributed by atoms with van der Waals surface area (Å²) in [6.45, 7) is 9.17. The van der Waals surface area contributed by atoms with E-state index in [0.29, 0.717) is 12.5 Å². The molecule has 1 aromatic carbocycles. The van der Waals surface area contributed by atoms with Crippen LogP contribution in [0, 0.1) is 5.92 Å². The Balaban J connectivity index is 1.69. The Labute approximate surface area is 151 Å². The maximum Gasteiger partial charge on any atom is 0.227 e. The van der Waals surface area contributed by atoms with Gasteiger partial charge in [-0.05, 0) is 31.9 Å². The fourth-order valence-electron chi connectivity index (χ4n) is 3.78. The molecule has 1 amide bonds. The van der Waals surface area contributed by atoms with Gasteiger partial charge >= 0.3 is 0 Å². The third-order valence-electron chi connectivity index (χ3n) is 5.28. The average molecular weight is 345 g/mol. The van der Waals surface area contributed by atoms with Crippen LogP contribution in [0.3, 0.4) is 0 Å². The number of hydrogen-bond acceptors (Lipinski definition) is 4. The van der Waals surface area contributed by atoms with E-state index in [1.807, 2.05) is 18.2 Å². The summed E-state index contributed by atoms with van der Waals surface area (Å²) < 4.78 is 5.45. The molecule has 2 heterocycles. The van der Waals surface area contributed by atoms with Gasteiger partial charge < -0.3 is 15.0 Å². The van der Waals surface area contributed by atoms with E-state index in [1.165, 1.54) is 5.56 Å². The molecule has 1 N–H and O–H groups in total. The van der Waals surface area contributed by atoms with E-state index in [1.54, 1.807) is 0 Å². The molecule has 0 radical (unpaired) electrons. The van der Waals surface area contributed by atoms with Gasteiger partial charge in [-0.15, -0.1) is 0 Å².